The fourth-order valence-electron chi connectivity index (χ4n) is 0.967. The summed E-state index contributed by atoms with van der Waals surface area (Å²) in [6, 6.07) is 9.33. The molecule has 0 aromatic heterocycles. The van der Waals surface area contributed by atoms with E-state index in [-0.39, 0.29) is 0 Å². The number of hydrogen-bond acceptors (Lipinski definition) is 3. The Balaban J connectivity index is 2.89. The Morgan fingerprint density at radius 2 is 2.00 bits per heavy atom. The molecule has 3 N–H and O–H groups in total. The Morgan fingerprint density at radius 3 is 2.42 bits per heavy atom. The lowest BCUT2D eigenvalue weighted by Crippen LogP contribution is -2.26. The number of nitrogens with one attached hydrogen (secondary N) is 1. The molecule has 0 saturated carbocycles. The van der Waals surface area contributed by atoms with E-state index < -0.39 is 6.04 Å². The first-order valence-electron chi connectivity index (χ1n) is 3.70. The van der Waals surface area contributed by atoms with Gasteiger partial charge in [-0.1, -0.05) is 29.8 Å². The van der Waals surface area contributed by atoms with E-state index in [9.17, 15) is 0 Å². The largest absolute Gasteiger partial charge is 0.270 e. The summed E-state index contributed by atoms with van der Waals surface area (Å²) < 4.78 is 0. The molecule has 0 spiro atoms. The van der Waals surface area contributed by atoms with E-state index in [1.54, 1.807) is 0 Å². The molecule has 3 heteroatoms. The molecule has 0 heterocycles. The standard InChI is InChI=1S/C9H11N3/c1-7-2-4-8(5-3-7)9(6-10)12-11/h2-5,9,12H,11H2,1H3. The Kier molecular flexibility index (Phi) is 2.81. The second kappa shape index (κ2) is 3.86. The van der Waals surface area contributed by atoms with Gasteiger partial charge in [0.1, 0.15) is 6.04 Å². The van der Waals surface area contributed by atoms with Gasteiger partial charge in [0.25, 0.3) is 0 Å². The summed E-state index contributed by atoms with van der Waals surface area (Å²) in [5.74, 6) is 5.18. The first-order chi connectivity index (χ1) is 5.77. The van der Waals surface area contributed by atoms with Gasteiger partial charge in [-0.2, -0.15) is 5.26 Å². The highest BCUT2D eigenvalue weighted by Gasteiger charge is 2.05. The van der Waals surface area contributed by atoms with Crippen molar-refractivity contribution in [2.24, 2.45) is 5.84 Å². The number of hydrogen-bond donors (Lipinski definition) is 2. The second-order valence-electron chi connectivity index (χ2n) is 2.64. The topological polar surface area (TPSA) is 61.8 Å². The molecule has 1 rings (SSSR count). The average molecular weight is 161 g/mol. The molecule has 1 unspecified atom stereocenters. The molecular weight excluding hydrogens is 150 g/mol. The van der Waals surface area contributed by atoms with Crippen LogP contribution >= 0.6 is 0 Å². The summed E-state index contributed by atoms with van der Waals surface area (Å²) in [6.45, 7) is 2.00. The van der Waals surface area contributed by atoms with Gasteiger partial charge >= 0.3 is 0 Å². The lowest BCUT2D eigenvalue weighted by Gasteiger charge is -2.06. The summed E-state index contributed by atoms with van der Waals surface area (Å²) in [5, 5.41) is 8.66. The highest BCUT2D eigenvalue weighted by molar-refractivity contribution is 5.27. The van der Waals surface area contributed by atoms with E-state index in [0.717, 1.165) is 5.56 Å². The van der Waals surface area contributed by atoms with Crippen molar-refractivity contribution < 1.29 is 0 Å². The van der Waals surface area contributed by atoms with Gasteiger partial charge in [0.05, 0.1) is 6.07 Å². The third-order valence-corrected chi connectivity index (χ3v) is 1.71. The third-order valence-electron chi connectivity index (χ3n) is 1.71. The molecule has 0 radical (unpaired) electrons. The number of hydrazine groups is 1. The van der Waals surface area contributed by atoms with Gasteiger partial charge < -0.3 is 0 Å². The number of benzene rings is 1. The molecule has 0 aliphatic carbocycles. The van der Waals surface area contributed by atoms with Crippen molar-refractivity contribution in [3.05, 3.63) is 35.4 Å². The van der Waals surface area contributed by atoms with E-state index >= 15 is 0 Å². The SMILES string of the molecule is Cc1ccc(C(C#N)NN)cc1. The van der Waals surface area contributed by atoms with Crippen LogP contribution in [0.5, 0.6) is 0 Å². The zero-order chi connectivity index (χ0) is 8.97. The average Bonchev–Trinajstić information content (AvgIpc) is 2.10. The van der Waals surface area contributed by atoms with Crippen molar-refractivity contribution >= 4 is 0 Å². The van der Waals surface area contributed by atoms with Gasteiger partial charge in [-0.3, -0.25) is 5.84 Å². The van der Waals surface area contributed by atoms with E-state index in [4.69, 9.17) is 11.1 Å². The zero-order valence-electron chi connectivity index (χ0n) is 6.91. The van der Waals surface area contributed by atoms with Crippen LogP contribution in [-0.2, 0) is 0 Å². The van der Waals surface area contributed by atoms with Crippen LogP contribution in [0.4, 0.5) is 0 Å². The van der Waals surface area contributed by atoms with E-state index in [2.05, 4.69) is 11.5 Å². The lowest BCUT2D eigenvalue weighted by molar-refractivity contribution is 0.666. The van der Waals surface area contributed by atoms with Crippen LogP contribution in [0.3, 0.4) is 0 Å². The quantitative estimate of drug-likeness (QED) is 0.503. The first kappa shape index (κ1) is 8.72. The fraction of sp³-hybridized carbons (Fsp3) is 0.222. The highest BCUT2D eigenvalue weighted by atomic mass is 15.2. The molecule has 1 aromatic rings. The Bertz CT molecular complexity index is 284. The lowest BCUT2D eigenvalue weighted by atomic mass is 10.1. The molecule has 1 aromatic carbocycles. The van der Waals surface area contributed by atoms with Crippen molar-refractivity contribution in [2.45, 2.75) is 13.0 Å². The van der Waals surface area contributed by atoms with Crippen molar-refractivity contribution in [1.82, 2.24) is 5.43 Å². The van der Waals surface area contributed by atoms with E-state index in [0.29, 0.717) is 0 Å². The molecule has 62 valence electrons. The monoisotopic (exact) mass is 161 g/mol. The van der Waals surface area contributed by atoms with Crippen LogP contribution < -0.4 is 11.3 Å². The van der Waals surface area contributed by atoms with Crippen molar-refractivity contribution in [1.29, 1.82) is 5.26 Å². The molecule has 1 atom stereocenters. The minimum atomic E-state index is -0.411. The molecule has 0 saturated heterocycles. The molecule has 0 fully saturated rings. The smallest absolute Gasteiger partial charge is 0.133 e. The van der Waals surface area contributed by atoms with E-state index in [1.165, 1.54) is 5.56 Å². The van der Waals surface area contributed by atoms with Crippen molar-refractivity contribution in [2.75, 3.05) is 0 Å². The summed E-state index contributed by atoms with van der Waals surface area (Å²) in [4.78, 5) is 0. The number of aryl methyl sites for hydroxylation is 1. The minimum Gasteiger partial charge on any atom is -0.270 e. The van der Waals surface area contributed by atoms with Crippen molar-refractivity contribution in [3.63, 3.8) is 0 Å². The number of rotatable bonds is 2. The maximum atomic E-state index is 8.66. The Morgan fingerprint density at radius 1 is 1.42 bits per heavy atom. The maximum Gasteiger partial charge on any atom is 0.133 e. The third kappa shape index (κ3) is 1.82. The number of nitrogens with two attached hydrogens (primary N) is 1. The van der Waals surface area contributed by atoms with Gasteiger partial charge in [0.15, 0.2) is 0 Å². The predicted octanol–water partition coefficient (Wildman–Crippen LogP) is 1.02. The molecular formula is C9H11N3. The molecule has 0 aliphatic rings. The molecule has 0 aliphatic heterocycles. The summed E-state index contributed by atoms with van der Waals surface area (Å²) in [5.41, 5.74) is 4.49. The summed E-state index contributed by atoms with van der Waals surface area (Å²) in [6.07, 6.45) is 0. The van der Waals surface area contributed by atoms with Gasteiger partial charge in [-0.05, 0) is 12.5 Å². The predicted molar refractivity (Wildman–Crippen MR) is 46.9 cm³/mol. The number of nitriles is 1. The minimum absolute atomic E-state index is 0.411. The summed E-state index contributed by atoms with van der Waals surface area (Å²) >= 11 is 0. The fourth-order valence-corrected chi connectivity index (χ4v) is 0.967. The molecule has 0 bridgehead atoms. The maximum absolute atomic E-state index is 8.66. The molecule has 3 nitrogen and oxygen atoms in total. The van der Waals surface area contributed by atoms with Gasteiger partial charge in [-0.25, -0.2) is 5.43 Å². The highest BCUT2D eigenvalue weighted by Crippen LogP contribution is 2.11. The van der Waals surface area contributed by atoms with Crippen LogP contribution in [-0.4, -0.2) is 0 Å². The second-order valence-corrected chi connectivity index (χ2v) is 2.64. The molecule has 12 heavy (non-hydrogen) atoms. The number of nitrogens with zero attached hydrogens (tertiary/aromatic N) is 1. The molecule has 0 amide bonds. The van der Waals surface area contributed by atoms with E-state index in [1.807, 2.05) is 31.2 Å². The van der Waals surface area contributed by atoms with Crippen LogP contribution in [0.25, 0.3) is 0 Å². The Hall–Kier alpha value is -1.37. The summed E-state index contributed by atoms with van der Waals surface area (Å²) in [7, 11) is 0. The van der Waals surface area contributed by atoms with Crippen molar-refractivity contribution in [3.8, 4) is 6.07 Å². The van der Waals surface area contributed by atoms with Crippen LogP contribution in [0.1, 0.15) is 17.2 Å². The van der Waals surface area contributed by atoms with Gasteiger partial charge in [0, 0.05) is 0 Å². The normalized spacial score (nSPS) is 12.1. The Labute approximate surface area is 71.8 Å². The van der Waals surface area contributed by atoms with Gasteiger partial charge in [0.2, 0.25) is 0 Å². The first-order valence-corrected chi connectivity index (χ1v) is 3.70. The van der Waals surface area contributed by atoms with Crippen LogP contribution in [0.2, 0.25) is 0 Å². The zero-order valence-corrected chi connectivity index (χ0v) is 6.91. The van der Waals surface area contributed by atoms with Crippen LogP contribution in [0, 0.1) is 18.3 Å². The van der Waals surface area contributed by atoms with Gasteiger partial charge in [-0.15, -0.1) is 0 Å². The van der Waals surface area contributed by atoms with Crippen LogP contribution in [0.15, 0.2) is 24.3 Å².